The van der Waals surface area contributed by atoms with Gasteiger partial charge in [0.1, 0.15) is 23.5 Å². The number of aryl methyl sites for hydroxylation is 3. The highest BCUT2D eigenvalue weighted by molar-refractivity contribution is 6.06. The Hall–Kier alpha value is -4.84. The summed E-state index contributed by atoms with van der Waals surface area (Å²) in [6.07, 6.45) is 4.03. The first kappa shape index (κ1) is 27.3. The molecule has 1 saturated heterocycles. The lowest BCUT2D eigenvalue weighted by atomic mass is 10.1. The van der Waals surface area contributed by atoms with Crippen LogP contribution in [0.4, 0.5) is 26.2 Å². The predicted molar refractivity (Wildman–Crippen MR) is 156 cm³/mol. The van der Waals surface area contributed by atoms with E-state index in [4.69, 9.17) is 9.72 Å². The molecule has 4 heterocycles. The smallest absolute Gasteiger partial charge is 0.238 e. The monoisotopic (exact) mass is 572 g/mol. The Kier molecular flexibility index (Phi) is 7.29. The van der Waals surface area contributed by atoms with Gasteiger partial charge in [-0.25, -0.2) is 18.7 Å². The van der Waals surface area contributed by atoms with E-state index in [0.29, 0.717) is 37.0 Å². The van der Waals surface area contributed by atoms with Crippen LogP contribution in [0.3, 0.4) is 0 Å². The summed E-state index contributed by atoms with van der Waals surface area (Å²) in [4.78, 5) is 27.4. The number of hydrogen-bond donors (Lipinski definition) is 3. The van der Waals surface area contributed by atoms with Crippen molar-refractivity contribution in [3.8, 4) is 17.0 Å². The molecular formula is C30H30F2N8O2. The maximum atomic E-state index is 13.5. The highest BCUT2D eigenvalue weighted by Crippen LogP contribution is 2.33. The van der Waals surface area contributed by atoms with Gasteiger partial charge in [-0.1, -0.05) is 12.1 Å². The molecule has 3 aromatic heterocycles. The van der Waals surface area contributed by atoms with Crippen molar-refractivity contribution >= 4 is 34.3 Å². The fourth-order valence-electron chi connectivity index (χ4n) is 5.18. The van der Waals surface area contributed by atoms with Gasteiger partial charge in [-0.15, -0.1) is 0 Å². The maximum absolute atomic E-state index is 13.5. The van der Waals surface area contributed by atoms with Crippen molar-refractivity contribution in [2.75, 3.05) is 30.3 Å². The van der Waals surface area contributed by atoms with Crippen LogP contribution in [0.5, 0.6) is 5.75 Å². The van der Waals surface area contributed by atoms with Crippen molar-refractivity contribution in [3.05, 3.63) is 77.8 Å². The Labute approximate surface area is 240 Å². The molecule has 2 aromatic carbocycles. The second kappa shape index (κ2) is 11.2. The summed E-state index contributed by atoms with van der Waals surface area (Å²) in [6.45, 7) is 5.19. The van der Waals surface area contributed by atoms with Crippen molar-refractivity contribution in [2.45, 2.75) is 26.4 Å². The summed E-state index contributed by atoms with van der Waals surface area (Å²) in [7, 11) is 1.87. The second-order valence-corrected chi connectivity index (χ2v) is 10.5. The Balaban J connectivity index is 1.14. The highest BCUT2D eigenvalue weighted by Gasteiger charge is 2.26. The van der Waals surface area contributed by atoms with E-state index >= 15 is 0 Å². The zero-order valence-corrected chi connectivity index (χ0v) is 23.4. The minimum atomic E-state index is -0.688. The number of halogens is 2. The molecule has 12 heteroatoms. The summed E-state index contributed by atoms with van der Waals surface area (Å²) in [5.41, 5.74) is 4.99. The van der Waals surface area contributed by atoms with Gasteiger partial charge in [0, 0.05) is 73.4 Å². The molecule has 0 radical (unpaired) electrons. The quantitative estimate of drug-likeness (QED) is 0.237. The first-order valence-electron chi connectivity index (χ1n) is 13.6. The molecule has 5 aromatic rings. The van der Waals surface area contributed by atoms with Crippen molar-refractivity contribution in [3.63, 3.8) is 0 Å². The minimum absolute atomic E-state index is 0.145. The van der Waals surface area contributed by atoms with E-state index in [-0.39, 0.29) is 24.3 Å². The molecule has 1 atom stereocenters. The SMILES string of the molecule is Cc1cnc(Nc2cc(C)n(C)n2)nc1-c1c[nH]c2c(NC(=O)CN3CCC(Oc4cc(F)cc(F)c4)C3)cccc12. The molecule has 42 heavy (non-hydrogen) atoms. The van der Waals surface area contributed by atoms with E-state index in [1.807, 2.05) is 56.3 Å². The maximum Gasteiger partial charge on any atom is 0.238 e. The summed E-state index contributed by atoms with van der Waals surface area (Å²) in [6, 6.07) is 10.8. The van der Waals surface area contributed by atoms with Gasteiger partial charge < -0.3 is 20.4 Å². The van der Waals surface area contributed by atoms with Gasteiger partial charge in [0.05, 0.1) is 23.4 Å². The standard InChI is InChI=1S/C30H30F2N8O2/c1-17-13-34-30(36-26-9-18(2)39(3)38-26)37-28(17)24-14-33-29-23(24)5-4-6-25(29)35-27(41)16-40-8-7-21(15-40)42-22-11-19(31)10-20(32)12-22/h4-6,9-14,21,33H,7-8,15-16H2,1-3H3,(H,35,41)(H,34,36,37,38). The van der Waals surface area contributed by atoms with Gasteiger partial charge in [-0.3, -0.25) is 14.4 Å². The van der Waals surface area contributed by atoms with Gasteiger partial charge in [0.2, 0.25) is 11.9 Å². The van der Waals surface area contributed by atoms with Gasteiger partial charge in [-0.05, 0) is 31.9 Å². The molecule has 0 aliphatic carbocycles. The van der Waals surface area contributed by atoms with Crippen LogP contribution in [-0.2, 0) is 11.8 Å². The average molecular weight is 573 g/mol. The fourth-order valence-corrected chi connectivity index (χ4v) is 5.18. The van der Waals surface area contributed by atoms with Gasteiger partial charge >= 0.3 is 0 Å². The number of rotatable bonds is 8. The Morgan fingerprint density at radius 1 is 1.17 bits per heavy atom. The Morgan fingerprint density at radius 2 is 1.98 bits per heavy atom. The summed E-state index contributed by atoms with van der Waals surface area (Å²) < 4.78 is 34.5. The second-order valence-electron chi connectivity index (χ2n) is 10.5. The molecule has 1 unspecified atom stereocenters. The van der Waals surface area contributed by atoms with E-state index in [1.165, 1.54) is 0 Å². The number of para-hydroxylation sites is 1. The summed E-state index contributed by atoms with van der Waals surface area (Å²) in [5, 5.41) is 11.5. The number of amides is 1. The Bertz CT molecular complexity index is 1740. The molecule has 6 rings (SSSR count). The van der Waals surface area contributed by atoms with Crippen LogP contribution >= 0.6 is 0 Å². The predicted octanol–water partition coefficient (Wildman–Crippen LogP) is 5.09. The lowest BCUT2D eigenvalue weighted by molar-refractivity contribution is -0.117. The van der Waals surface area contributed by atoms with E-state index in [2.05, 4.69) is 25.7 Å². The largest absolute Gasteiger partial charge is 0.489 e. The summed E-state index contributed by atoms with van der Waals surface area (Å²) >= 11 is 0. The zero-order valence-electron chi connectivity index (χ0n) is 23.4. The first-order chi connectivity index (χ1) is 20.2. The van der Waals surface area contributed by atoms with Crippen LogP contribution in [0.2, 0.25) is 0 Å². The van der Waals surface area contributed by atoms with Crippen LogP contribution in [0.15, 0.2) is 54.9 Å². The minimum Gasteiger partial charge on any atom is -0.489 e. The number of nitrogens with zero attached hydrogens (tertiary/aromatic N) is 5. The lowest BCUT2D eigenvalue weighted by Gasteiger charge is -2.17. The van der Waals surface area contributed by atoms with Gasteiger partial charge in [-0.2, -0.15) is 5.10 Å². The zero-order chi connectivity index (χ0) is 29.4. The Morgan fingerprint density at radius 3 is 2.74 bits per heavy atom. The molecule has 0 bridgehead atoms. The van der Waals surface area contributed by atoms with Gasteiger partial charge in [0.15, 0.2) is 5.82 Å². The van der Waals surface area contributed by atoms with E-state index < -0.39 is 11.6 Å². The van der Waals surface area contributed by atoms with Crippen LogP contribution in [0.25, 0.3) is 22.2 Å². The van der Waals surface area contributed by atoms with Crippen LogP contribution in [0.1, 0.15) is 17.7 Å². The highest BCUT2D eigenvalue weighted by atomic mass is 19.1. The van der Waals surface area contributed by atoms with Crippen LogP contribution < -0.4 is 15.4 Å². The number of nitrogens with one attached hydrogen (secondary N) is 3. The number of hydrogen-bond acceptors (Lipinski definition) is 7. The molecule has 1 fully saturated rings. The van der Waals surface area contributed by atoms with E-state index in [0.717, 1.165) is 51.6 Å². The van der Waals surface area contributed by atoms with Crippen molar-refractivity contribution in [1.29, 1.82) is 0 Å². The fraction of sp³-hybridized carbons (Fsp3) is 0.267. The number of aromatic amines is 1. The van der Waals surface area contributed by atoms with Crippen LogP contribution in [-0.4, -0.2) is 61.3 Å². The third-order valence-electron chi connectivity index (χ3n) is 7.31. The van der Waals surface area contributed by atoms with Crippen LogP contribution in [0, 0.1) is 25.5 Å². The van der Waals surface area contributed by atoms with E-state index in [1.54, 1.807) is 10.9 Å². The molecule has 10 nitrogen and oxygen atoms in total. The first-order valence-corrected chi connectivity index (χ1v) is 13.6. The molecular weight excluding hydrogens is 542 g/mol. The molecule has 0 spiro atoms. The normalized spacial score (nSPS) is 15.3. The average Bonchev–Trinajstić information content (AvgIpc) is 3.64. The molecule has 0 saturated carbocycles. The molecule has 216 valence electrons. The lowest BCUT2D eigenvalue weighted by Crippen LogP contribution is -2.33. The molecule has 3 N–H and O–H groups in total. The molecule has 1 amide bonds. The van der Waals surface area contributed by atoms with Gasteiger partial charge in [0.25, 0.3) is 0 Å². The number of benzene rings is 2. The third kappa shape index (κ3) is 5.79. The number of carbonyl (C=O) groups is 1. The van der Waals surface area contributed by atoms with E-state index in [9.17, 15) is 13.6 Å². The van der Waals surface area contributed by atoms with Crippen molar-refractivity contribution in [1.82, 2.24) is 29.6 Å². The number of aromatic nitrogens is 5. The topological polar surface area (TPSA) is 113 Å². The number of anilines is 3. The summed E-state index contributed by atoms with van der Waals surface area (Å²) in [5.74, 6) is -0.312. The number of fused-ring (bicyclic) bond motifs is 1. The van der Waals surface area contributed by atoms with Crippen molar-refractivity contribution < 1.29 is 18.3 Å². The third-order valence-corrected chi connectivity index (χ3v) is 7.31. The molecule has 1 aliphatic heterocycles. The number of carbonyl (C=O) groups excluding carboxylic acids is 1. The molecule has 1 aliphatic rings. The number of H-pyrrole nitrogens is 1. The van der Waals surface area contributed by atoms with Crippen molar-refractivity contribution in [2.24, 2.45) is 7.05 Å². The number of ether oxygens (including phenoxy) is 1. The number of likely N-dealkylation sites (tertiary alicyclic amines) is 1.